The van der Waals surface area contributed by atoms with Gasteiger partial charge in [-0.1, -0.05) is 11.6 Å². The predicted octanol–water partition coefficient (Wildman–Crippen LogP) is 2.19. The maximum absolute atomic E-state index is 11.7. The van der Waals surface area contributed by atoms with E-state index in [1.807, 2.05) is 0 Å². The molecule has 0 saturated carbocycles. The molecule has 1 aromatic rings. The number of carbonyl (C=O) groups is 1. The first kappa shape index (κ1) is 12.0. The third-order valence-corrected chi connectivity index (χ3v) is 2.63. The topological polar surface area (TPSA) is 63.3 Å². The monoisotopic (exact) mass is 227 g/mol. The summed E-state index contributed by atoms with van der Waals surface area (Å²) in [4.78, 5) is 11.7. The zero-order valence-electron chi connectivity index (χ0n) is 8.80. The average molecular weight is 228 g/mol. The van der Waals surface area contributed by atoms with Crippen molar-refractivity contribution in [1.29, 1.82) is 0 Å². The number of phenolic OH excluding ortho intramolecular Hbond substituents is 1. The minimum Gasteiger partial charge on any atom is -0.507 e. The Balaban J connectivity index is 3.29. The van der Waals surface area contributed by atoms with Crippen molar-refractivity contribution >= 4 is 17.4 Å². The van der Waals surface area contributed by atoms with Crippen LogP contribution in [0.1, 0.15) is 27.9 Å². The van der Waals surface area contributed by atoms with Crippen LogP contribution in [0.3, 0.4) is 0 Å². The molecule has 0 amide bonds. The third-order valence-electron chi connectivity index (χ3n) is 2.34. The Labute approximate surface area is 93.9 Å². The average Bonchev–Trinajstić information content (AvgIpc) is 2.15. The van der Waals surface area contributed by atoms with Gasteiger partial charge in [0.2, 0.25) is 0 Å². The number of benzene rings is 1. The second-order valence-corrected chi connectivity index (χ2v) is 3.89. The number of hydrogen-bond donors (Lipinski definition) is 2. The van der Waals surface area contributed by atoms with Crippen molar-refractivity contribution in [3.05, 3.63) is 27.8 Å². The van der Waals surface area contributed by atoms with Gasteiger partial charge in [0.15, 0.2) is 5.78 Å². The molecule has 0 aliphatic heterocycles. The van der Waals surface area contributed by atoms with E-state index < -0.39 is 0 Å². The number of aromatic hydroxyl groups is 1. The highest BCUT2D eigenvalue weighted by Crippen LogP contribution is 2.31. The largest absolute Gasteiger partial charge is 0.507 e. The minimum absolute atomic E-state index is 0.125. The molecule has 0 aliphatic rings. The van der Waals surface area contributed by atoms with Crippen molar-refractivity contribution in [2.45, 2.75) is 20.3 Å². The number of aryl methyl sites for hydroxylation is 1. The maximum Gasteiger partial charge on any atom is 0.166 e. The number of halogens is 1. The van der Waals surface area contributed by atoms with Crippen LogP contribution in [-0.2, 0) is 0 Å². The standard InChI is InChI=1S/C11H14ClNO2/c1-6-5-8(12)10(7(2)11(6)15)9(14)3-4-13/h5,15H,3-4,13H2,1-2H3. The molecule has 0 radical (unpaired) electrons. The summed E-state index contributed by atoms with van der Waals surface area (Å²) in [5.74, 6) is -0.00456. The van der Waals surface area contributed by atoms with E-state index in [2.05, 4.69) is 0 Å². The summed E-state index contributed by atoms with van der Waals surface area (Å²) >= 11 is 5.96. The van der Waals surface area contributed by atoms with E-state index in [1.165, 1.54) is 0 Å². The molecular formula is C11H14ClNO2. The Morgan fingerprint density at radius 2 is 2.13 bits per heavy atom. The maximum atomic E-state index is 11.7. The van der Waals surface area contributed by atoms with E-state index in [1.54, 1.807) is 19.9 Å². The molecular weight excluding hydrogens is 214 g/mol. The van der Waals surface area contributed by atoms with Crippen molar-refractivity contribution in [3.63, 3.8) is 0 Å². The highest BCUT2D eigenvalue weighted by molar-refractivity contribution is 6.34. The lowest BCUT2D eigenvalue weighted by Gasteiger charge is -2.10. The van der Waals surface area contributed by atoms with Crippen molar-refractivity contribution in [2.75, 3.05) is 6.54 Å². The Bertz CT molecular complexity index is 402. The zero-order valence-corrected chi connectivity index (χ0v) is 9.56. The number of carbonyl (C=O) groups excluding carboxylic acids is 1. The fourth-order valence-corrected chi connectivity index (χ4v) is 1.93. The van der Waals surface area contributed by atoms with Gasteiger partial charge in [-0.2, -0.15) is 0 Å². The molecule has 0 aliphatic carbocycles. The molecule has 1 aromatic carbocycles. The van der Waals surface area contributed by atoms with Gasteiger partial charge >= 0.3 is 0 Å². The normalized spacial score (nSPS) is 10.4. The van der Waals surface area contributed by atoms with Crippen molar-refractivity contribution in [1.82, 2.24) is 0 Å². The minimum atomic E-state index is -0.129. The fraction of sp³-hybridized carbons (Fsp3) is 0.364. The van der Waals surface area contributed by atoms with Crippen LogP contribution >= 0.6 is 11.6 Å². The number of hydrogen-bond acceptors (Lipinski definition) is 3. The van der Waals surface area contributed by atoms with E-state index in [4.69, 9.17) is 17.3 Å². The van der Waals surface area contributed by atoms with Crippen LogP contribution in [0, 0.1) is 13.8 Å². The smallest absolute Gasteiger partial charge is 0.166 e. The van der Waals surface area contributed by atoms with Gasteiger partial charge in [0.25, 0.3) is 0 Å². The summed E-state index contributed by atoms with van der Waals surface area (Å²) < 4.78 is 0. The van der Waals surface area contributed by atoms with Gasteiger partial charge in [0.05, 0.1) is 5.02 Å². The van der Waals surface area contributed by atoms with Gasteiger partial charge in [-0.25, -0.2) is 0 Å². The van der Waals surface area contributed by atoms with Gasteiger partial charge in [-0.15, -0.1) is 0 Å². The van der Waals surface area contributed by atoms with Gasteiger partial charge in [-0.05, 0) is 32.0 Å². The second-order valence-electron chi connectivity index (χ2n) is 3.49. The molecule has 82 valence electrons. The number of Topliss-reactive ketones (excluding diaryl/α,β-unsaturated/α-hetero) is 1. The number of ketones is 1. The van der Waals surface area contributed by atoms with E-state index in [0.717, 1.165) is 0 Å². The highest BCUT2D eigenvalue weighted by Gasteiger charge is 2.17. The lowest BCUT2D eigenvalue weighted by Crippen LogP contribution is -2.10. The van der Waals surface area contributed by atoms with E-state index in [9.17, 15) is 9.90 Å². The molecule has 15 heavy (non-hydrogen) atoms. The van der Waals surface area contributed by atoms with Crippen LogP contribution in [0.2, 0.25) is 5.02 Å². The summed E-state index contributed by atoms with van der Waals surface area (Å²) in [6, 6.07) is 1.59. The molecule has 0 spiro atoms. The van der Waals surface area contributed by atoms with Gasteiger partial charge < -0.3 is 10.8 Å². The highest BCUT2D eigenvalue weighted by atomic mass is 35.5. The van der Waals surface area contributed by atoms with E-state index in [-0.39, 0.29) is 24.5 Å². The molecule has 0 aromatic heterocycles. The van der Waals surface area contributed by atoms with E-state index >= 15 is 0 Å². The van der Waals surface area contributed by atoms with Crippen molar-refractivity contribution in [3.8, 4) is 5.75 Å². The molecule has 0 unspecified atom stereocenters. The SMILES string of the molecule is Cc1cc(Cl)c(C(=O)CCN)c(C)c1O. The Morgan fingerprint density at radius 1 is 1.53 bits per heavy atom. The van der Waals surface area contributed by atoms with Crippen LogP contribution < -0.4 is 5.73 Å². The third kappa shape index (κ3) is 2.30. The Morgan fingerprint density at radius 3 is 2.67 bits per heavy atom. The van der Waals surface area contributed by atoms with Crippen LogP contribution in [0.5, 0.6) is 5.75 Å². The molecule has 0 heterocycles. The van der Waals surface area contributed by atoms with Crippen LogP contribution in [-0.4, -0.2) is 17.4 Å². The van der Waals surface area contributed by atoms with Gasteiger partial charge in [-0.3, -0.25) is 4.79 Å². The summed E-state index contributed by atoms with van der Waals surface area (Å²) in [5, 5.41) is 10.1. The summed E-state index contributed by atoms with van der Waals surface area (Å²) in [6.45, 7) is 3.70. The van der Waals surface area contributed by atoms with Gasteiger partial charge in [0.1, 0.15) is 5.75 Å². The van der Waals surface area contributed by atoms with Crippen LogP contribution in [0.15, 0.2) is 6.07 Å². The predicted molar refractivity (Wildman–Crippen MR) is 60.6 cm³/mol. The molecule has 3 nitrogen and oxygen atoms in total. The number of rotatable bonds is 3. The molecule has 1 rings (SSSR count). The Hall–Kier alpha value is -1.06. The molecule has 3 N–H and O–H groups in total. The van der Waals surface area contributed by atoms with Crippen molar-refractivity contribution < 1.29 is 9.90 Å². The summed E-state index contributed by atoms with van der Waals surface area (Å²) in [5.41, 5.74) is 6.88. The zero-order chi connectivity index (χ0) is 11.6. The second kappa shape index (κ2) is 4.64. The first-order valence-electron chi connectivity index (χ1n) is 4.71. The Kier molecular flexibility index (Phi) is 3.72. The van der Waals surface area contributed by atoms with Crippen LogP contribution in [0.25, 0.3) is 0 Å². The van der Waals surface area contributed by atoms with E-state index in [0.29, 0.717) is 21.7 Å². The van der Waals surface area contributed by atoms with Gasteiger partial charge in [0, 0.05) is 17.5 Å². The fourth-order valence-electron chi connectivity index (χ4n) is 1.52. The molecule has 0 bridgehead atoms. The molecule has 4 heteroatoms. The number of nitrogens with two attached hydrogens (primary N) is 1. The molecule has 0 saturated heterocycles. The van der Waals surface area contributed by atoms with Crippen LogP contribution in [0.4, 0.5) is 0 Å². The lowest BCUT2D eigenvalue weighted by molar-refractivity contribution is 0.0984. The summed E-state index contributed by atoms with van der Waals surface area (Å²) in [6.07, 6.45) is 0.239. The molecule has 0 fully saturated rings. The van der Waals surface area contributed by atoms with Crippen molar-refractivity contribution in [2.24, 2.45) is 5.73 Å². The first-order chi connectivity index (χ1) is 6.99. The number of phenols is 1. The molecule has 0 atom stereocenters. The lowest BCUT2D eigenvalue weighted by atomic mass is 9.99. The first-order valence-corrected chi connectivity index (χ1v) is 5.08. The summed E-state index contributed by atoms with van der Waals surface area (Å²) in [7, 11) is 0. The quantitative estimate of drug-likeness (QED) is 0.779.